The van der Waals surface area contributed by atoms with E-state index in [1.807, 2.05) is 24.3 Å². The van der Waals surface area contributed by atoms with E-state index in [4.69, 9.17) is 4.74 Å². The summed E-state index contributed by atoms with van der Waals surface area (Å²) >= 11 is 0. The molecule has 1 atom stereocenters. The zero-order chi connectivity index (χ0) is 21.8. The van der Waals surface area contributed by atoms with Gasteiger partial charge in [0.1, 0.15) is 5.75 Å². The van der Waals surface area contributed by atoms with Gasteiger partial charge in [0, 0.05) is 49.8 Å². The maximum atomic E-state index is 12.8. The molecule has 2 aliphatic rings. The fourth-order valence-electron chi connectivity index (χ4n) is 4.73. The lowest BCUT2D eigenvalue weighted by Crippen LogP contribution is -2.45. The fraction of sp³-hybridized carbons (Fsp3) is 0.458. The number of nitrogens with one attached hydrogen (secondary N) is 2. The van der Waals surface area contributed by atoms with Crippen molar-refractivity contribution in [1.29, 1.82) is 0 Å². The SMILES string of the molecule is COc1ccc(CC2(CCC(=O)N3CCNC(=O)CC3)CCC(=O)N2)c2ccccc12. The zero-order valence-electron chi connectivity index (χ0n) is 17.9. The molecule has 31 heavy (non-hydrogen) atoms. The summed E-state index contributed by atoms with van der Waals surface area (Å²) in [5.41, 5.74) is 0.694. The largest absolute Gasteiger partial charge is 0.496 e. The van der Waals surface area contributed by atoms with Crippen LogP contribution >= 0.6 is 0 Å². The Morgan fingerprint density at radius 3 is 2.61 bits per heavy atom. The van der Waals surface area contributed by atoms with E-state index in [0.29, 0.717) is 58.2 Å². The lowest BCUT2D eigenvalue weighted by molar-refractivity contribution is -0.131. The minimum Gasteiger partial charge on any atom is -0.496 e. The van der Waals surface area contributed by atoms with Crippen molar-refractivity contribution in [3.05, 3.63) is 42.0 Å². The first kappa shape index (κ1) is 21.2. The Bertz CT molecular complexity index is 1010. The molecule has 2 aliphatic heterocycles. The number of methoxy groups -OCH3 is 1. The lowest BCUT2D eigenvalue weighted by Gasteiger charge is -2.31. The number of hydrogen-bond acceptors (Lipinski definition) is 4. The second kappa shape index (κ2) is 8.96. The van der Waals surface area contributed by atoms with Gasteiger partial charge in [-0.25, -0.2) is 0 Å². The maximum absolute atomic E-state index is 12.8. The van der Waals surface area contributed by atoms with E-state index >= 15 is 0 Å². The number of fused-ring (bicyclic) bond motifs is 1. The molecule has 0 bridgehead atoms. The molecule has 4 rings (SSSR count). The first-order valence-corrected chi connectivity index (χ1v) is 10.9. The molecule has 0 aromatic heterocycles. The van der Waals surface area contributed by atoms with Crippen LogP contribution in [0.5, 0.6) is 5.75 Å². The summed E-state index contributed by atoms with van der Waals surface area (Å²) in [6, 6.07) is 12.1. The molecule has 164 valence electrons. The van der Waals surface area contributed by atoms with Gasteiger partial charge in [-0.05, 0) is 36.3 Å². The predicted molar refractivity (Wildman–Crippen MR) is 118 cm³/mol. The van der Waals surface area contributed by atoms with Gasteiger partial charge in [0.15, 0.2) is 0 Å². The monoisotopic (exact) mass is 423 g/mol. The summed E-state index contributed by atoms with van der Waals surface area (Å²) in [6.07, 6.45) is 3.12. The molecule has 0 spiro atoms. The van der Waals surface area contributed by atoms with Crippen molar-refractivity contribution in [2.45, 2.75) is 44.1 Å². The molecule has 0 saturated carbocycles. The van der Waals surface area contributed by atoms with Gasteiger partial charge in [-0.2, -0.15) is 0 Å². The predicted octanol–water partition coefficient (Wildman–Crippen LogP) is 2.17. The van der Waals surface area contributed by atoms with Gasteiger partial charge in [-0.3, -0.25) is 14.4 Å². The Balaban J connectivity index is 1.53. The molecule has 3 amide bonds. The molecular weight excluding hydrogens is 394 g/mol. The highest BCUT2D eigenvalue weighted by atomic mass is 16.5. The van der Waals surface area contributed by atoms with E-state index in [9.17, 15) is 14.4 Å². The topological polar surface area (TPSA) is 87.7 Å². The molecule has 2 N–H and O–H groups in total. The van der Waals surface area contributed by atoms with E-state index < -0.39 is 5.54 Å². The van der Waals surface area contributed by atoms with Crippen molar-refractivity contribution in [3.63, 3.8) is 0 Å². The highest BCUT2D eigenvalue weighted by Crippen LogP contribution is 2.35. The van der Waals surface area contributed by atoms with Gasteiger partial charge in [-0.15, -0.1) is 0 Å². The third-order valence-corrected chi connectivity index (χ3v) is 6.44. The van der Waals surface area contributed by atoms with Crippen LogP contribution in [0.3, 0.4) is 0 Å². The van der Waals surface area contributed by atoms with Crippen LogP contribution in [0, 0.1) is 0 Å². The summed E-state index contributed by atoms with van der Waals surface area (Å²) in [5, 5.41) is 8.12. The van der Waals surface area contributed by atoms with Crippen LogP contribution in [0.2, 0.25) is 0 Å². The summed E-state index contributed by atoms with van der Waals surface area (Å²) in [5.74, 6) is 0.885. The fourth-order valence-corrected chi connectivity index (χ4v) is 4.73. The standard InChI is InChI=1S/C24H29N3O4/c1-31-20-7-6-17(18-4-2-3-5-19(18)20)16-24(11-8-22(29)26-24)12-9-23(30)27-14-10-21(28)25-13-15-27/h2-7H,8-16H2,1H3,(H,25,28)(H,26,29). The van der Waals surface area contributed by atoms with Crippen LogP contribution in [0.4, 0.5) is 0 Å². The molecule has 2 saturated heterocycles. The number of rotatable bonds is 6. The normalized spacial score (nSPS) is 21.5. The van der Waals surface area contributed by atoms with Crippen molar-refractivity contribution in [1.82, 2.24) is 15.5 Å². The van der Waals surface area contributed by atoms with Crippen molar-refractivity contribution in [2.75, 3.05) is 26.7 Å². The van der Waals surface area contributed by atoms with E-state index in [1.165, 1.54) is 0 Å². The van der Waals surface area contributed by atoms with E-state index in [0.717, 1.165) is 22.1 Å². The molecule has 1 unspecified atom stereocenters. The third-order valence-electron chi connectivity index (χ3n) is 6.44. The van der Waals surface area contributed by atoms with Gasteiger partial charge < -0.3 is 20.3 Å². The van der Waals surface area contributed by atoms with Crippen LogP contribution in [0.25, 0.3) is 10.8 Å². The van der Waals surface area contributed by atoms with Crippen molar-refractivity contribution < 1.29 is 19.1 Å². The third kappa shape index (κ3) is 4.65. The molecule has 0 radical (unpaired) electrons. The van der Waals surface area contributed by atoms with E-state index in [1.54, 1.807) is 12.0 Å². The first-order chi connectivity index (χ1) is 15.0. The maximum Gasteiger partial charge on any atom is 0.222 e. The number of carbonyl (C=O) groups is 3. The Morgan fingerprint density at radius 1 is 1.06 bits per heavy atom. The van der Waals surface area contributed by atoms with Gasteiger partial charge in [0.25, 0.3) is 0 Å². The quantitative estimate of drug-likeness (QED) is 0.746. The molecule has 7 heteroatoms. The second-order valence-corrected chi connectivity index (χ2v) is 8.46. The molecule has 2 heterocycles. The first-order valence-electron chi connectivity index (χ1n) is 10.9. The van der Waals surface area contributed by atoms with Crippen LogP contribution < -0.4 is 15.4 Å². The minimum absolute atomic E-state index is 0.0128. The highest BCUT2D eigenvalue weighted by molar-refractivity contribution is 5.91. The van der Waals surface area contributed by atoms with E-state index in [-0.39, 0.29) is 17.7 Å². The molecule has 7 nitrogen and oxygen atoms in total. The number of benzene rings is 2. The Labute approximate surface area is 182 Å². The lowest BCUT2D eigenvalue weighted by atomic mass is 9.83. The summed E-state index contributed by atoms with van der Waals surface area (Å²) in [4.78, 5) is 38.3. The highest BCUT2D eigenvalue weighted by Gasteiger charge is 2.38. The number of carbonyl (C=O) groups excluding carboxylic acids is 3. The van der Waals surface area contributed by atoms with Crippen molar-refractivity contribution >= 4 is 28.5 Å². The van der Waals surface area contributed by atoms with Gasteiger partial charge in [0.05, 0.1) is 7.11 Å². The van der Waals surface area contributed by atoms with Gasteiger partial charge in [0.2, 0.25) is 17.7 Å². The van der Waals surface area contributed by atoms with Crippen LogP contribution in [-0.4, -0.2) is 54.9 Å². The van der Waals surface area contributed by atoms with Crippen molar-refractivity contribution in [3.8, 4) is 5.75 Å². The van der Waals surface area contributed by atoms with Crippen LogP contribution in [0.15, 0.2) is 36.4 Å². The minimum atomic E-state index is -0.440. The summed E-state index contributed by atoms with van der Waals surface area (Å²) in [7, 11) is 1.66. The second-order valence-electron chi connectivity index (χ2n) is 8.46. The molecule has 2 aromatic carbocycles. The van der Waals surface area contributed by atoms with Crippen LogP contribution in [-0.2, 0) is 20.8 Å². The van der Waals surface area contributed by atoms with Crippen molar-refractivity contribution in [2.24, 2.45) is 0 Å². The molecule has 2 aromatic rings. The average Bonchev–Trinajstić information content (AvgIpc) is 3.00. The Morgan fingerprint density at radius 2 is 1.87 bits per heavy atom. The number of amides is 3. The molecule has 2 fully saturated rings. The molecular formula is C24H29N3O4. The molecule has 0 aliphatic carbocycles. The number of ether oxygens (including phenoxy) is 1. The van der Waals surface area contributed by atoms with Gasteiger partial charge in [-0.1, -0.05) is 30.3 Å². The summed E-state index contributed by atoms with van der Waals surface area (Å²) < 4.78 is 5.51. The average molecular weight is 424 g/mol. The summed E-state index contributed by atoms with van der Waals surface area (Å²) in [6.45, 7) is 1.48. The number of hydrogen-bond donors (Lipinski definition) is 2. The van der Waals surface area contributed by atoms with Gasteiger partial charge >= 0.3 is 0 Å². The Kier molecular flexibility index (Phi) is 6.11. The number of nitrogens with zero attached hydrogens (tertiary/aromatic N) is 1. The Hall–Kier alpha value is -3.09. The smallest absolute Gasteiger partial charge is 0.222 e. The van der Waals surface area contributed by atoms with Crippen LogP contribution in [0.1, 0.15) is 37.7 Å². The van der Waals surface area contributed by atoms with E-state index in [2.05, 4.69) is 22.8 Å². The zero-order valence-corrected chi connectivity index (χ0v) is 17.9.